The Morgan fingerprint density at radius 3 is 2.47 bits per heavy atom. The van der Waals surface area contributed by atoms with Crippen LogP contribution in [0.1, 0.15) is 5.56 Å². The van der Waals surface area contributed by atoms with Gasteiger partial charge in [-0.05, 0) is 34.5 Å². The summed E-state index contributed by atoms with van der Waals surface area (Å²) in [5.74, 6) is -0.238. The lowest BCUT2D eigenvalue weighted by Crippen LogP contribution is -2.17. The van der Waals surface area contributed by atoms with Gasteiger partial charge < -0.3 is 4.74 Å². The molecule has 0 N–H and O–H groups in total. The number of para-hydroxylation sites is 1. The van der Waals surface area contributed by atoms with E-state index in [9.17, 15) is 13.2 Å². The number of nitrogens with zero attached hydrogens (tertiary/aromatic N) is 1. The number of benzene rings is 1. The Kier molecular flexibility index (Phi) is 3.80. The van der Waals surface area contributed by atoms with E-state index in [0.29, 0.717) is 11.1 Å². The van der Waals surface area contributed by atoms with Crippen LogP contribution in [0.4, 0.5) is 13.2 Å². The summed E-state index contributed by atoms with van der Waals surface area (Å²) in [7, 11) is 0. The van der Waals surface area contributed by atoms with Gasteiger partial charge in [-0.15, -0.1) is 13.2 Å². The van der Waals surface area contributed by atoms with Crippen molar-refractivity contribution in [1.29, 1.82) is 0 Å². The van der Waals surface area contributed by atoms with Crippen LogP contribution >= 0.6 is 15.9 Å². The third-order valence-corrected chi connectivity index (χ3v) is 3.36. The second-order valence-corrected chi connectivity index (χ2v) is 4.69. The third-order valence-electron chi connectivity index (χ3n) is 2.56. The maximum absolute atomic E-state index is 12.4. The molecule has 1 aromatic carbocycles. The van der Waals surface area contributed by atoms with Crippen LogP contribution < -0.4 is 4.74 Å². The molecule has 6 heteroatoms. The first-order valence-corrected chi connectivity index (χ1v) is 6.13. The van der Waals surface area contributed by atoms with Crippen molar-refractivity contribution in [3.8, 4) is 16.9 Å². The zero-order chi connectivity index (χ0) is 14.0. The SMILES string of the molecule is Cc1c(Br)cncc1-c1ccccc1OC(F)(F)F. The van der Waals surface area contributed by atoms with Crippen LogP contribution in [0.15, 0.2) is 41.1 Å². The van der Waals surface area contributed by atoms with Crippen LogP contribution in [0, 0.1) is 6.92 Å². The molecule has 0 radical (unpaired) electrons. The first kappa shape index (κ1) is 13.9. The van der Waals surface area contributed by atoms with Gasteiger partial charge in [-0.1, -0.05) is 18.2 Å². The number of halogens is 4. The van der Waals surface area contributed by atoms with E-state index in [1.165, 1.54) is 18.3 Å². The second-order valence-electron chi connectivity index (χ2n) is 3.84. The van der Waals surface area contributed by atoms with E-state index in [1.54, 1.807) is 25.3 Å². The average molecular weight is 332 g/mol. The quantitative estimate of drug-likeness (QED) is 0.794. The average Bonchev–Trinajstić information content (AvgIpc) is 2.32. The monoisotopic (exact) mass is 331 g/mol. The first-order chi connectivity index (χ1) is 8.88. The van der Waals surface area contributed by atoms with E-state index in [0.717, 1.165) is 10.0 Å². The number of pyridine rings is 1. The number of aromatic nitrogens is 1. The van der Waals surface area contributed by atoms with Crippen molar-refractivity contribution in [2.45, 2.75) is 13.3 Å². The van der Waals surface area contributed by atoms with Gasteiger partial charge in [-0.25, -0.2) is 0 Å². The Bertz CT molecular complexity index is 599. The topological polar surface area (TPSA) is 22.1 Å². The normalized spacial score (nSPS) is 11.4. The van der Waals surface area contributed by atoms with E-state index >= 15 is 0 Å². The standard InChI is InChI=1S/C13H9BrF3NO/c1-8-10(6-18-7-11(8)14)9-4-2-3-5-12(9)19-13(15,16)17/h2-7H,1H3. The molecule has 0 amide bonds. The van der Waals surface area contributed by atoms with Crippen molar-refractivity contribution in [2.75, 3.05) is 0 Å². The predicted molar refractivity (Wildman–Crippen MR) is 68.8 cm³/mol. The van der Waals surface area contributed by atoms with Gasteiger partial charge in [0.15, 0.2) is 0 Å². The fraction of sp³-hybridized carbons (Fsp3) is 0.154. The summed E-state index contributed by atoms with van der Waals surface area (Å²) in [4.78, 5) is 3.98. The van der Waals surface area contributed by atoms with E-state index in [1.807, 2.05) is 0 Å². The first-order valence-electron chi connectivity index (χ1n) is 5.34. The van der Waals surface area contributed by atoms with Gasteiger partial charge in [0, 0.05) is 28.0 Å². The molecule has 0 atom stereocenters. The molecule has 1 aromatic heterocycles. The van der Waals surface area contributed by atoms with E-state index < -0.39 is 6.36 Å². The van der Waals surface area contributed by atoms with E-state index in [2.05, 4.69) is 25.7 Å². The van der Waals surface area contributed by atoms with Crippen LogP contribution in [-0.4, -0.2) is 11.3 Å². The van der Waals surface area contributed by atoms with Crippen molar-refractivity contribution in [2.24, 2.45) is 0 Å². The Morgan fingerprint density at radius 1 is 1.11 bits per heavy atom. The highest BCUT2D eigenvalue weighted by atomic mass is 79.9. The molecule has 2 aromatic rings. The number of rotatable bonds is 2. The highest BCUT2D eigenvalue weighted by Gasteiger charge is 2.32. The van der Waals surface area contributed by atoms with Crippen LogP contribution in [0.5, 0.6) is 5.75 Å². The molecule has 0 bridgehead atoms. The zero-order valence-corrected chi connectivity index (χ0v) is 11.4. The molecule has 2 nitrogen and oxygen atoms in total. The molecule has 0 saturated carbocycles. The van der Waals surface area contributed by atoms with Crippen molar-refractivity contribution in [3.05, 3.63) is 46.7 Å². The summed E-state index contributed by atoms with van der Waals surface area (Å²) in [5.41, 5.74) is 1.74. The van der Waals surface area contributed by atoms with Crippen LogP contribution in [0.25, 0.3) is 11.1 Å². The maximum Gasteiger partial charge on any atom is 0.573 e. The van der Waals surface area contributed by atoms with Crippen LogP contribution in [0.3, 0.4) is 0 Å². The Balaban J connectivity index is 2.54. The summed E-state index contributed by atoms with van der Waals surface area (Å²) < 4.78 is 41.9. The minimum atomic E-state index is -4.72. The van der Waals surface area contributed by atoms with Crippen molar-refractivity contribution in [1.82, 2.24) is 4.98 Å². The fourth-order valence-corrected chi connectivity index (χ4v) is 2.01. The maximum atomic E-state index is 12.4. The molecule has 1 heterocycles. The number of ether oxygens (including phenoxy) is 1. The summed E-state index contributed by atoms with van der Waals surface area (Å²) in [6, 6.07) is 5.99. The molecular weight excluding hydrogens is 323 g/mol. The molecule has 2 rings (SSSR count). The largest absolute Gasteiger partial charge is 0.573 e. The lowest BCUT2D eigenvalue weighted by atomic mass is 10.0. The zero-order valence-electron chi connectivity index (χ0n) is 9.83. The van der Waals surface area contributed by atoms with Gasteiger partial charge in [0.05, 0.1) is 0 Å². The molecule has 0 aliphatic heterocycles. The molecule has 0 aliphatic carbocycles. The van der Waals surface area contributed by atoms with Crippen molar-refractivity contribution in [3.63, 3.8) is 0 Å². The highest BCUT2D eigenvalue weighted by Crippen LogP contribution is 2.36. The second kappa shape index (κ2) is 5.21. The van der Waals surface area contributed by atoms with Gasteiger partial charge in [0.25, 0.3) is 0 Å². The predicted octanol–water partition coefficient (Wildman–Crippen LogP) is 4.72. The molecule has 0 unspecified atom stereocenters. The fourth-order valence-electron chi connectivity index (χ4n) is 1.67. The Morgan fingerprint density at radius 2 is 1.79 bits per heavy atom. The number of hydrogen-bond donors (Lipinski definition) is 0. The van der Waals surface area contributed by atoms with Gasteiger partial charge in [0.1, 0.15) is 5.75 Å². The lowest BCUT2D eigenvalue weighted by Gasteiger charge is -2.14. The summed E-state index contributed by atoms with van der Waals surface area (Å²) in [5, 5.41) is 0. The molecule has 0 aliphatic rings. The van der Waals surface area contributed by atoms with Crippen molar-refractivity contribution < 1.29 is 17.9 Å². The Labute approximate surface area is 116 Å². The van der Waals surface area contributed by atoms with Crippen LogP contribution in [-0.2, 0) is 0 Å². The molecular formula is C13H9BrF3NO. The molecule has 0 saturated heterocycles. The van der Waals surface area contributed by atoms with Gasteiger partial charge in [-0.2, -0.15) is 0 Å². The molecule has 0 spiro atoms. The smallest absolute Gasteiger partial charge is 0.405 e. The van der Waals surface area contributed by atoms with Gasteiger partial charge >= 0.3 is 6.36 Å². The van der Waals surface area contributed by atoms with E-state index in [-0.39, 0.29) is 5.75 Å². The number of alkyl halides is 3. The molecule has 100 valence electrons. The van der Waals surface area contributed by atoms with E-state index in [4.69, 9.17) is 0 Å². The van der Waals surface area contributed by atoms with Gasteiger partial charge in [0.2, 0.25) is 0 Å². The summed E-state index contributed by atoms with van der Waals surface area (Å²) in [6.07, 6.45) is -1.62. The van der Waals surface area contributed by atoms with Crippen molar-refractivity contribution >= 4 is 15.9 Å². The molecule has 19 heavy (non-hydrogen) atoms. The minimum Gasteiger partial charge on any atom is -0.405 e. The Hall–Kier alpha value is -1.56. The highest BCUT2D eigenvalue weighted by molar-refractivity contribution is 9.10. The minimum absolute atomic E-state index is 0.238. The lowest BCUT2D eigenvalue weighted by molar-refractivity contribution is -0.274. The summed E-state index contributed by atoms with van der Waals surface area (Å²) >= 11 is 3.30. The van der Waals surface area contributed by atoms with Gasteiger partial charge in [-0.3, -0.25) is 4.98 Å². The van der Waals surface area contributed by atoms with Crippen LogP contribution in [0.2, 0.25) is 0 Å². The molecule has 0 fully saturated rings. The number of hydrogen-bond acceptors (Lipinski definition) is 2. The summed E-state index contributed by atoms with van der Waals surface area (Å²) in [6.45, 7) is 1.80. The third kappa shape index (κ3) is 3.26.